The number of hydrogen-bond donors (Lipinski definition) is 1. The Labute approximate surface area is 221 Å². The molecule has 2 heterocycles. The molecular formula is C28H23F2N5O3S. The molecule has 0 amide bonds. The van der Waals surface area contributed by atoms with Gasteiger partial charge in [-0.2, -0.15) is 0 Å². The highest BCUT2D eigenvalue weighted by molar-refractivity contribution is 7.89. The lowest BCUT2D eigenvalue weighted by Gasteiger charge is -2.14. The highest BCUT2D eigenvalue weighted by Crippen LogP contribution is 2.37. The third-order valence-corrected chi connectivity index (χ3v) is 8.56. The van der Waals surface area contributed by atoms with E-state index < -0.39 is 16.4 Å². The van der Waals surface area contributed by atoms with E-state index in [2.05, 4.69) is 4.72 Å². The van der Waals surface area contributed by atoms with Crippen LogP contribution in [0.25, 0.3) is 49.9 Å². The van der Waals surface area contributed by atoms with Gasteiger partial charge in [-0.3, -0.25) is 13.7 Å². The standard InChI is InChI=1S/C28H23F2N5O3S/c1-31-39(37,38)17-9-12-22-24(15-17)35(16-8-13-23-25(14-16)34(3)28(36)33(23)2)27(32-22)21-11-10-20(26(29)30)18-6-4-5-7-19(18)21/h4-15,26,31H,1-3H3. The molecular weight excluding hydrogens is 524 g/mol. The second kappa shape index (κ2) is 8.85. The van der Waals surface area contributed by atoms with Crippen molar-refractivity contribution in [2.45, 2.75) is 11.3 Å². The molecule has 0 aliphatic heterocycles. The Morgan fingerprint density at radius 3 is 2.28 bits per heavy atom. The summed E-state index contributed by atoms with van der Waals surface area (Å²) in [6.07, 6.45) is -2.65. The number of alkyl halides is 2. The second-order valence-corrected chi connectivity index (χ2v) is 11.1. The van der Waals surface area contributed by atoms with Crippen LogP contribution in [0, 0.1) is 0 Å². The van der Waals surface area contributed by atoms with Crippen LogP contribution in [-0.2, 0) is 24.1 Å². The first-order valence-corrected chi connectivity index (χ1v) is 13.5. The summed E-state index contributed by atoms with van der Waals surface area (Å²) in [4.78, 5) is 17.5. The number of benzene rings is 4. The Hall–Kier alpha value is -4.35. The van der Waals surface area contributed by atoms with E-state index in [0.29, 0.717) is 44.4 Å². The van der Waals surface area contributed by atoms with Crippen LogP contribution >= 0.6 is 0 Å². The maximum absolute atomic E-state index is 13.8. The lowest BCUT2D eigenvalue weighted by molar-refractivity contribution is 0.153. The second-order valence-electron chi connectivity index (χ2n) is 9.25. The lowest BCUT2D eigenvalue weighted by atomic mass is 9.99. The average Bonchev–Trinajstić information content (AvgIpc) is 3.42. The van der Waals surface area contributed by atoms with Crippen molar-refractivity contribution in [1.82, 2.24) is 23.4 Å². The zero-order valence-electron chi connectivity index (χ0n) is 21.2. The number of hydrogen-bond acceptors (Lipinski definition) is 4. The van der Waals surface area contributed by atoms with Crippen LogP contribution in [-0.4, -0.2) is 34.2 Å². The first kappa shape index (κ1) is 25.0. The van der Waals surface area contributed by atoms with Crippen LogP contribution in [0.5, 0.6) is 0 Å². The van der Waals surface area contributed by atoms with E-state index in [1.165, 1.54) is 29.8 Å². The van der Waals surface area contributed by atoms with E-state index in [1.807, 2.05) is 18.2 Å². The molecule has 0 spiro atoms. The van der Waals surface area contributed by atoms with Crippen LogP contribution in [0.1, 0.15) is 12.0 Å². The maximum atomic E-state index is 13.8. The molecule has 0 radical (unpaired) electrons. The number of sulfonamides is 1. The number of aromatic nitrogens is 4. The van der Waals surface area contributed by atoms with Crippen molar-refractivity contribution >= 4 is 42.9 Å². The minimum Gasteiger partial charge on any atom is -0.295 e. The molecule has 0 fully saturated rings. The molecule has 0 saturated carbocycles. The van der Waals surface area contributed by atoms with Crippen molar-refractivity contribution in [3.63, 3.8) is 0 Å². The predicted molar refractivity (Wildman–Crippen MR) is 147 cm³/mol. The number of rotatable bonds is 5. The molecule has 0 unspecified atom stereocenters. The van der Waals surface area contributed by atoms with Gasteiger partial charge in [-0.15, -0.1) is 0 Å². The van der Waals surface area contributed by atoms with Crippen molar-refractivity contribution in [3.8, 4) is 17.1 Å². The molecule has 6 aromatic rings. The van der Waals surface area contributed by atoms with Crippen molar-refractivity contribution < 1.29 is 17.2 Å². The number of nitrogens with one attached hydrogen (secondary N) is 1. The summed E-state index contributed by atoms with van der Waals surface area (Å²) in [6, 6.07) is 20.0. The summed E-state index contributed by atoms with van der Waals surface area (Å²) in [7, 11) is 0.940. The van der Waals surface area contributed by atoms with Gasteiger partial charge < -0.3 is 0 Å². The summed E-state index contributed by atoms with van der Waals surface area (Å²) in [5, 5.41) is 0.992. The minimum atomic E-state index is -3.76. The Morgan fingerprint density at radius 2 is 1.56 bits per heavy atom. The molecule has 0 saturated heterocycles. The van der Waals surface area contributed by atoms with Crippen LogP contribution < -0.4 is 10.4 Å². The van der Waals surface area contributed by atoms with Crippen molar-refractivity contribution in [2.24, 2.45) is 14.1 Å². The molecule has 2 aromatic heterocycles. The first-order chi connectivity index (χ1) is 18.6. The average molecular weight is 548 g/mol. The zero-order valence-corrected chi connectivity index (χ0v) is 22.0. The summed E-state index contributed by atoms with van der Waals surface area (Å²) in [6.45, 7) is 0. The van der Waals surface area contributed by atoms with Crippen LogP contribution in [0.3, 0.4) is 0 Å². The molecule has 198 valence electrons. The van der Waals surface area contributed by atoms with Gasteiger partial charge in [0, 0.05) is 30.9 Å². The van der Waals surface area contributed by atoms with E-state index >= 15 is 0 Å². The zero-order chi connectivity index (χ0) is 27.6. The Balaban J connectivity index is 1.73. The maximum Gasteiger partial charge on any atom is 0.328 e. The summed E-state index contributed by atoms with van der Waals surface area (Å²) in [5.41, 5.74) is 3.38. The molecule has 4 aromatic carbocycles. The van der Waals surface area contributed by atoms with Gasteiger partial charge >= 0.3 is 5.69 Å². The van der Waals surface area contributed by atoms with Gasteiger partial charge in [-0.1, -0.05) is 36.4 Å². The fourth-order valence-corrected chi connectivity index (χ4v) is 5.87. The fourth-order valence-electron chi connectivity index (χ4n) is 5.12. The Bertz CT molecular complexity index is 2110. The third-order valence-electron chi connectivity index (χ3n) is 7.15. The molecule has 0 bridgehead atoms. The number of fused-ring (bicyclic) bond motifs is 3. The van der Waals surface area contributed by atoms with Crippen molar-refractivity contribution in [2.75, 3.05) is 7.05 Å². The predicted octanol–water partition coefficient (Wildman–Crippen LogP) is 4.88. The molecule has 8 nitrogen and oxygen atoms in total. The van der Waals surface area contributed by atoms with E-state index in [9.17, 15) is 22.0 Å². The van der Waals surface area contributed by atoms with Crippen molar-refractivity contribution in [3.05, 3.63) is 88.8 Å². The van der Waals surface area contributed by atoms with Gasteiger partial charge in [0.25, 0.3) is 6.43 Å². The summed E-state index contributed by atoms with van der Waals surface area (Å²) in [5.74, 6) is 0.446. The van der Waals surface area contributed by atoms with E-state index in [-0.39, 0.29) is 16.1 Å². The normalized spacial score (nSPS) is 12.4. The number of aryl methyl sites for hydroxylation is 2. The van der Waals surface area contributed by atoms with Gasteiger partial charge in [0.2, 0.25) is 10.0 Å². The highest BCUT2D eigenvalue weighted by atomic mass is 32.2. The van der Waals surface area contributed by atoms with Gasteiger partial charge in [0.1, 0.15) is 5.82 Å². The number of imidazole rings is 2. The first-order valence-electron chi connectivity index (χ1n) is 12.0. The molecule has 6 rings (SSSR count). The van der Waals surface area contributed by atoms with Crippen LogP contribution in [0.2, 0.25) is 0 Å². The Kier molecular flexibility index (Phi) is 5.67. The molecule has 11 heteroatoms. The summed E-state index contributed by atoms with van der Waals surface area (Å²) < 4.78 is 60.2. The largest absolute Gasteiger partial charge is 0.328 e. The Morgan fingerprint density at radius 1 is 0.846 bits per heavy atom. The molecule has 0 atom stereocenters. The van der Waals surface area contributed by atoms with E-state index in [1.54, 1.807) is 59.6 Å². The number of halogens is 2. The highest BCUT2D eigenvalue weighted by Gasteiger charge is 2.22. The van der Waals surface area contributed by atoms with E-state index in [4.69, 9.17) is 4.98 Å². The SMILES string of the molecule is CNS(=O)(=O)c1ccc2nc(-c3ccc(C(F)F)c4ccccc34)n(-c3ccc4c(c3)n(C)c(=O)n4C)c2c1. The summed E-state index contributed by atoms with van der Waals surface area (Å²) >= 11 is 0. The van der Waals surface area contributed by atoms with Crippen molar-refractivity contribution in [1.29, 1.82) is 0 Å². The molecule has 0 aliphatic carbocycles. The van der Waals surface area contributed by atoms with Gasteiger partial charge in [-0.25, -0.2) is 31.7 Å². The fraction of sp³-hybridized carbons (Fsp3) is 0.143. The van der Waals surface area contributed by atoms with E-state index in [0.717, 1.165) is 5.52 Å². The van der Waals surface area contributed by atoms with Crippen LogP contribution in [0.15, 0.2) is 82.5 Å². The lowest BCUT2D eigenvalue weighted by Crippen LogP contribution is -2.19. The van der Waals surface area contributed by atoms with Gasteiger partial charge in [0.15, 0.2) is 0 Å². The molecule has 1 N–H and O–H groups in total. The number of nitrogens with zero attached hydrogens (tertiary/aromatic N) is 4. The smallest absolute Gasteiger partial charge is 0.295 e. The quantitative estimate of drug-likeness (QED) is 0.333. The third kappa shape index (κ3) is 3.76. The monoisotopic (exact) mass is 547 g/mol. The molecule has 0 aliphatic rings. The molecule has 39 heavy (non-hydrogen) atoms. The van der Waals surface area contributed by atoms with Gasteiger partial charge in [0.05, 0.1) is 27.0 Å². The van der Waals surface area contributed by atoms with Crippen LogP contribution in [0.4, 0.5) is 8.78 Å². The topological polar surface area (TPSA) is 90.9 Å². The minimum absolute atomic E-state index is 0.0521. The van der Waals surface area contributed by atoms with Gasteiger partial charge in [-0.05, 0) is 54.2 Å².